The van der Waals surface area contributed by atoms with E-state index in [4.69, 9.17) is 0 Å². The van der Waals surface area contributed by atoms with Crippen molar-refractivity contribution in [1.29, 1.82) is 0 Å². The van der Waals surface area contributed by atoms with Gasteiger partial charge in [-0.25, -0.2) is 10.4 Å². The fraction of sp³-hybridized carbons (Fsp3) is 0.118. The molecule has 9 heteroatoms. The summed E-state index contributed by atoms with van der Waals surface area (Å²) in [5, 5.41) is 15.4. The van der Waals surface area contributed by atoms with Gasteiger partial charge in [-0.15, -0.1) is 0 Å². The minimum atomic E-state index is -0.495. The zero-order valence-electron chi connectivity index (χ0n) is 13.8. The lowest BCUT2D eigenvalue weighted by molar-refractivity contribution is -0.385. The summed E-state index contributed by atoms with van der Waals surface area (Å²) in [6.45, 7) is 0. The van der Waals surface area contributed by atoms with Crippen molar-refractivity contribution in [2.45, 2.75) is 5.16 Å². The number of nitro benzene ring substituents is 1. The molecule has 1 heterocycles. The first-order chi connectivity index (χ1) is 12.6. The lowest BCUT2D eigenvalue weighted by atomic mass is 10.2. The van der Waals surface area contributed by atoms with Crippen LogP contribution in [0.3, 0.4) is 0 Å². The van der Waals surface area contributed by atoms with E-state index in [0.717, 1.165) is 16.2 Å². The summed E-state index contributed by atoms with van der Waals surface area (Å²) in [5.74, 6) is -0.192. The van der Waals surface area contributed by atoms with Gasteiger partial charge in [0.05, 0.1) is 33.5 Å². The van der Waals surface area contributed by atoms with Crippen molar-refractivity contribution in [2.75, 3.05) is 5.75 Å². The third kappa shape index (κ3) is 3.89. The number of rotatable bonds is 6. The number of aromatic nitrogens is 2. The predicted molar refractivity (Wildman–Crippen MR) is 100 cm³/mol. The molecule has 2 aromatic carbocycles. The van der Waals surface area contributed by atoms with Crippen LogP contribution in [0.4, 0.5) is 5.69 Å². The molecule has 1 N–H and O–H groups in total. The number of benzene rings is 2. The van der Waals surface area contributed by atoms with Crippen LogP contribution in [0.2, 0.25) is 0 Å². The van der Waals surface area contributed by atoms with Crippen LogP contribution in [-0.2, 0) is 11.8 Å². The highest BCUT2D eigenvalue weighted by atomic mass is 32.2. The van der Waals surface area contributed by atoms with Crippen molar-refractivity contribution in [2.24, 2.45) is 12.1 Å². The third-order valence-corrected chi connectivity index (χ3v) is 4.63. The Bertz CT molecular complexity index is 999. The van der Waals surface area contributed by atoms with Crippen molar-refractivity contribution >= 4 is 40.6 Å². The number of hydrogen-bond donors (Lipinski definition) is 1. The van der Waals surface area contributed by atoms with Gasteiger partial charge in [0, 0.05) is 13.1 Å². The van der Waals surface area contributed by atoms with Gasteiger partial charge < -0.3 is 4.57 Å². The van der Waals surface area contributed by atoms with Crippen molar-refractivity contribution < 1.29 is 9.72 Å². The average Bonchev–Trinajstić information content (AvgIpc) is 2.96. The first-order valence-corrected chi connectivity index (χ1v) is 8.64. The highest BCUT2D eigenvalue weighted by molar-refractivity contribution is 7.99. The Balaban J connectivity index is 1.59. The molecule has 3 rings (SSSR count). The molecular weight excluding hydrogens is 354 g/mol. The summed E-state index contributed by atoms with van der Waals surface area (Å²) in [7, 11) is 1.89. The Morgan fingerprint density at radius 3 is 2.81 bits per heavy atom. The van der Waals surface area contributed by atoms with E-state index in [1.165, 1.54) is 24.0 Å². The van der Waals surface area contributed by atoms with Crippen molar-refractivity contribution in [3.05, 3.63) is 64.2 Å². The molecule has 1 aromatic heterocycles. The van der Waals surface area contributed by atoms with Crippen LogP contribution in [0.5, 0.6) is 0 Å². The Morgan fingerprint density at radius 2 is 2.04 bits per heavy atom. The van der Waals surface area contributed by atoms with Crippen LogP contribution in [0.15, 0.2) is 58.8 Å². The van der Waals surface area contributed by atoms with E-state index in [2.05, 4.69) is 15.5 Å². The van der Waals surface area contributed by atoms with E-state index in [0.29, 0.717) is 5.56 Å². The van der Waals surface area contributed by atoms with Gasteiger partial charge in [0.15, 0.2) is 5.16 Å². The van der Waals surface area contributed by atoms with Crippen molar-refractivity contribution in [3.63, 3.8) is 0 Å². The number of hydrogen-bond acceptors (Lipinski definition) is 6. The number of amides is 1. The normalized spacial score (nSPS) is 11.1. The monoisotopic (exact) mass is 369 g/mol. The van der Waals surface area contributed by atoms with Crippen molar-refractivity contribution in [3.8, 4) is 0 Å². The van der Waals surface area contributed by atoms with Gasteiger partial charge in [-0.05, 0) is 18.2 Å². The lowest BCUT2D eigenvalue weighted by Gasteiger charge is -2.01. The van der Waals surface area contributed by atoms with Gasteiger partial charge in [-0.1, -0.05) is 36.0 Å². The average molecular weight is 369 g/mol. The van der Waals surface area contributed by atoms with E-state index < -0.39 is 4.92 Å². The number of hydrazone groups is 1. The number of carbonyl (C=O) groups is 1. The Labute approximate surface area is 153 Å². The SMILES string of the molecule is Cn1c(SCC(=O)N/N=C/c2ccccc2[N+](=O)[O-])nc2ccccc21. The molecule has 1 amide bonds. The Morgan fingerprint density at radius 1 is 1.31 bits per heavy atom. The molecule has 0 aliphatic rings. The Kier molecular flexibility index (Phi) is 5.28. The smallest absolute Gasteiger partial charge is 0.278 e. The number of nitrogens with one attached hydrogen (secondary N) is 1. The molecule has 8 nitrogen and oxygen atoms in total. The highest BCUT2D eigenvalue weighted by Gasteiger charge is 2.11. The summed E-state index contributed by atoms with van der Waals surface area (Å²) >= 11 is 1.29. The van der Waals surface area contributed by atoms with Gasteiger partial charge in [-0.2, -0.15) is 5.10 Å². The molecule has 0 saturated heterocycles. The molecule has 0 atom stereocenters. The molecule has 132 valence electrons. The van der Waals surface area contributed by atoms with Gasteiger partial charge >= 0.3 is 0 Å². The maximum atomic E-state index is 11.9. The number of nitro groups is 1. The maximum Gasteiger partial charge on any atom is 0.278 e. The molecule has 0 spiro atoms. The molecule has 0 radical (unpaired) electrons. The fourth-order valence-electron chi connectivity index (χ4n) is 2.35. The van der Waals surface area contributed by atoms with Gasteiger partial charge in [0.25, 0.3) is 11.6 Å². The number of fused-ring (bicyclic) bond motifs is 1. The summed E-state index contributed by atoms with van der Waals surface area (Å²) in [6, 6.07) is 13.9. The lowest BCUT2D eigenvalue weighted by Crippen LogP contribution is -2.20. The summed E-state index contributed by atoms with van der Waals surface area (Å²) in [4.78, 5) is 26.8. The molecule has 0 bridgehead atoms. The van der Waals surface area contributed by atoms with Crippen LogP contribution >= 0.6 is 11.8 Å². The first kappa shape index (κ1) is 17.6. The van der Waals surface area contributed by atoms with Gasteiger partial charge in [0.1, 0.15) is 0 Å². The molecule has 26 heavy (non-hydrogen) atoms. The zero-order valence-corrected chi connectivity index (χ0v) is 14.6. The van der Waals surface area contributed by atoms with E-state index in [1.54, 1.807) is 18.2 Å². The van der Waals surface area contributed by atoms with Crippen molar-refractivity contribution in [1.82, 2.24) is 15.0 Å². The number of thioether (sulfide) groups is 1. The summed E-state index contributed by atoms with van der Waals surface area (Å²) in [6.07, 6.45) is 1.26. The number of aryl methyl sites for hydroxylation is 1. The highest BCUT2D eigenvalue weighted by Crippen LogP contribution is 2.22. The van der Waals surface area contributed by atoms with Crippen LogP contribution in [-0.4, -0.2) is 32.3 Å². The molecular formula is C17H15N5O3S. The van der Waals surface area contributed by atoms with Gasteiger partial charge in [-0.3, -0.25) is 14.9 Å². The standard InChI is InChI=1S/C17H15N5O3S/c1-21-15-9-5-3-7-13(15)19-17(21)26-11-16(23)20-18-10-12-6-2-4-8-14(12)22(24)25/h2-10H,11H2,1H3,(H,20,23)/b18-10+. The maximum absolute atomic E-state index is 11.9. The molecule has 0 unspecified atom stereocenters. The first-order valence-electron chi connectivity index (χ1n) is 7.66. The quantitative estimate of drug-likeness (QED) is 0.311. The molecule has 0 aliphatic carbocycles. The summed E-state index contributed by atoms with van der Waals surface area (Å²) in [5.41, 5.74) is 4.48. The molecule has 0 aliphatic heterocycles. The second-order valence-corrected chi connectivity index (χ2v) is 6.28. The topological polar surface area (TPSA) is 102 Å². The molecule has 0 saturated carbocycles. The number of para-hydroxylation sites is 3. The second kappa shape index (κ2) is 7.79. The number of nitrogens with zero attached hydrogens (tertiary/aromatic N) is 4. The molecule has 3 aromatic rings. The number of imidazole rings is 1. The second-order valence-electron chi connectivity index (χ2n) is 5.34. The number of carbonyl (C=O) groups excluding carboxylic acids is 1. The predicted octanol–water partition coefficient (Wildman–Crippen LogP) is 2.72. The van der Waals surface area contributed by atoms with Gasteiger partial charge in [0.2, 0.25) is 0 Å². The van der Waals surface area contributed by atoms with E-state index in [-0.39, 0.29) is 17.3 Å². The fourth-order valence-corrected chi connectivity index (χ4v) is 3.13. The minimum absolute atomic E-state index is 0.0698. The van der Waals surface area contributed by atoms with Crippen LogP contribution in [0.1, 0.15) is 5.56 Å². The Hall–Kier alpha value is -3.20. The third-order valence-electron chi connectivity index (χ3n) is 3.60. The zero-order chi connectivity index (χ0) is 18.5. The van der Waals surface area contributed by atoms with E-state index in [1.807, 2.05) is 35.9 Å². The van der Waals surface area contributed by atoms with Crippen LogP contribution < -0.4 is 5.43 Å². The van der Waals surface area contributed by atoms with Crippen LogP contribution in [0, 0.1) is 10.1 Å². The largest absolute Gasteiger partial charge is 0.322 e. The molecule has 0 fully saturated rings. The minimum Gasteiger partial charge on any atom is -0.322 e. The van der Waals surface area contributed by atoms with Crippen LogP contribution in [0.25, 0.3) is 11.0 Å². The van der Waals surface area contributed by atoms with E-state index in [9.17, 15) is 14.9 Å². The summed E-state index contributed by atoms with van der Waals surface area (Å²) < 4.78 is 1.92. The van der Waals surface area contributed by atoms with E-state index >= 15 is 0 Å².